The molecule has 1 heterocycles. The zero-order valence-electron chi connectivity index (χ0n) is 15.4. The van der Waals surface area contributed by atoms with Crippen LogP contribution in [0.15, 0.2) is 42.5 Å². The van der Waals surface area contributed by atoms with E-state index >= 15 is 0 Å². The van der Waals surface area contributed by atoms with Gasteiger partial charge in [-0.3, -0.25) is 0 Å². The number of nitrogens with one attached hydrogen (secondary N) is 1. The third-order valence-corrected chi connectivity index (χ3v) is 5.90. The standard InChI is InChI=1S/C22H26N2O3/c25-17-8-9-19(21(26)14-17)16-10-12-24(13-11-16)22(27)23-20-7-3-5-15-4-1-2-6-18(15)20/h1-2,4,6,8-9,14,16,20,25-26H,3,5,7,10-13H2,(H,23,27). The van der Waals surface area contributed by atoms with Crippen LogP contribution in [0.5, 0.6) is 11.5 Å². The Hall–Kier alpha value is -2.69. The van der Waals surface area contributed by atoms with Gasteiger partial charge in [0.05, 0.1) is 6.04 Å². The summed E-state index contributed by atoms with van der Waals surface area (Å²) >= 11 is 0. The van der Waals surface area contributed by atoms with Gasteiger partial charge in [0.1, 0.15) is 11.5 Å². The first-order valence-electron chi connectivity index (χ1n) is 9.77. The number of phenols is 2. The molecule has 4 rings (SSSR count). The van der Waals surface area contributed by atoms with Crippen LogP contribution in [0.1, 0.15) is 54.3 Å². The van der Waals surface area contributed by atoms with Crippen LogP contribution in [0, 0.1) is 0 Å². The van der Waals surface area contributed by atoms with Gasteiger partial charge >= 0.3 is 6.03 Å². The fraction of sp³-hybridized carbons (Fsp3) is 0.409. The first-order chi connectivity index (χ1) is 13.1. The van der Waals surface area contributed by atoms with Crippen LogP contribution < -0.4 is 5.32 Å². The van der Waals surface area contributed by atoms with Crippen molar-refractivity contribution in [1.29, 1.82) is 0 Å². The summed E-state index contributed by atoms with van der Waals surface area (Å²) in [4.78, 5) is 14.6. The summed E-state index contributed by atoms with van der Waals surface area (Å²) in [5.74, 6) is 0.419. The monoisotopic (exact) mass is 366 g/mol. The molecule has 2 aromatic rings. The summed E-state index contributed by atoms with van der Waals surface area (Å²) in [7, 11) is 0. The normalized spacial score (nSPS) is 20.1. The van der Waals surface area contributed by atoms with E-state index in [0.717, 1.165) is 37.7 Å². The lowest BCUT2D eigenvalue weighted by molar-refractivity contribution is 0.176. The molecule has 2 aromatic carbocycles. The second-order valence-electron chi connectivity index (χ2n) is 7.60. The summed E-state index contributed by atoms with van der Waals surface area (Å²) < 4.78 is 0. The van der Waals surface area contributed by atoms with E-state index in [2.05, 4.69) is 23.5 Å². The minimum atomic E-state index is 0.00470. The van der Waals surface area contributed by atoms with Gasteiger partial charge in [0.25, 0.3) is 0 Å². The minimum absolute atomic E-state index is 0.00470. The molecule has 1 aliphatic carbocycles. The second kappa shape index (κ2) is 7.51. The predicted octanol–water partition coefficient (Wildman–Crippen LogP) is 4.06. The molecule has 27 heavy (non-hydrogen) atoms. The van der Waals surface area contributed by atoms with E-state index in [-0.39, 0.29) is 29.5 Å². The number of amides is 2. The van der Waals surface area contributed by atoms with Crippen LogP contribution in [-0.2, 0) is 6.42 Å². The van der Waals surface area contributed by atoms with Crippen LogP contribution >= 0.6 is 0 Å². The minimum Gasteiger partial charge on any atom is -0.508 e. The van der Waals surface area contributed by atoms with Gasteiger partial charge in [0.15, 0.2) is 0 Å². The lowest BCUT2D eigenvalue weighted by Crippen LogP contribution is -2.45. The Balaban J connectivity index is 1.37. The number of fused-ring (bicyclic) bond motifs is 1. The Morgan fingerprint density at radius 2 is 1.78 bits per heavy atom. The third kappa shape index (κ3) is 3.72. The zero-order valence-corrected chi connectivity index (χ0v) is 15.4. The lowest BCUT2D eigenvalue weighted by Gasteiger charge is -2.34. The molecular formula is C22H26N2O3. The largest absolute Gasteiger partial charge is 0.508 e. The predicted molar refractivity (Wildman–Crippen MR) is 104 cm³/mol. The van der Waals surface area contributed by atoms with E-state index in [1.54, 1.807) is 12.1 Å². The van der Waals surface area contributed by atoms with Gasteiger partial charge in [-0.25, -0.2) is 4.79 Å². The van der Waals surface area contributed by atoms with Crippen molar-refractivity contribution in [2.75, 3.05) is 13.1 Å². The number of hydrogen-bond donors (Lipinski definition) is 3. The van der Waals surface area contributed by atoms with E-state index in [0.29, 0.717) is 13.1 Å². The second-order valence-corrected chi connectivity index (χ2v) is 7.60. The number of nitrogens with zero attached hydrogens (tertiary/aromatic N) is 1. The number of piperidine rings is 1. The van der Waals surface area contributed by atoms with Crippen molar-refractivity contribution in [3.8, 4) is 11.5 Å². The number of urea groups is 1. The summed E-state index contributed by atoms with van der Waals surface area (Å²) in [6, 6.07) is 13.3. The molecule has 0 bridgehead atoms. The Morgan fingerprint density at radius 3 is 2.56 bits per heavy atom. The molecule has 1 saturated heterocycles. The van der Waals surface area contributed by atoms with Crippen molar-refractivity contribution in [1.82, 2.24) is 10.2 Å². The summed E-state index contributed by atoms with van der Waals surface area (Å²) in [6.07, 6.45) is 4.80. The number of aryl methyl sites for hydroxylation is 1. The van der Waals surface area contributed by atoms with E-state index < -0.39 is 0 Å². The van der Waals surface area contributed by atoms with Crippen LogP contribution in [0.4, 0.5) is 4.79 Å². The maximum atomic E-state index is 12.8. The van der Waals surface area contributed by atoms with Crippen LogP contribution in [0.25, 0.3) is 0 Å². The van der Waals surface area contributed by atoms with E-state index in [9.17, 15) is 15.0 Å². The van der Waals surface area contributed by atoms with Crippen LogP contribution in [-0.4, -0.2) is 34.2 Å². The third-order valence-electron chi connectivity index (χ3n) is 5.90. The molecule has 1 atom stereocenters. The number of likely N-dealkylation sites (tertiary alicyclic amines) is 1. The van der Waals surface area contributed by atoms with E-state index in [4.69, 9.17) is 0 Å². The molecule has 1 fully saturated rings. The number of carbonyl (C=O) groups is 1. The van der Waals surface area contributed by atoms with Gasteiger partial charge < -0.3 is 20.4 Å². The molecule has 2 aliphatic rings. The fourth-order valence-electron chi connectivity index (χ4n) is 4.42. The highest BCUT2D eigenvalue weighted by atomic mass is 16.3. The quantitative estimate of drug-likeness (QED) is 0.750. The van der Waals surface area contributed by atoms with Crippen molar-refractivity contribution in [3.05, 3.63) is 59.2 Å². The molecule has 1 unspecified atom stereocenters. The first kappa shape index (κ1) is 17.7. The molecule has 1 aliphatic heterocycles. The van der Waals surface area contributed by atoms with Crippen molar-refractivity contribution in [2.24, 2.45) is 0 Å². The highest BCUT2D eigenvalue weighted by molar-refractivity contribution is 5.75. The fourth-order valence-corrected chi connectivity index (χ4v) is 4.42. The number of rotatable bonds is 2. The highest BCUT2D eigenvalue weighted by Crippen LogP contribution is 2.36. The topological polar surface area (TPSA) is 72.8 Å². The van der Waals surface area contributed by atoms with Crippen molar-refractivity contribution in [3.63, 3.8) is 0 Å². The van der Waals surface area contributed by atoms with Gasteiger partial charge in [-0.05, 0) is 60.8 Å². The molecule has 0 saturated carbocycles. The van der Waals surface area contributed by atoms with Crippen molar-refractivity contribution in [2.45, 2.75) is 44.1 Å². The molecule has 2 amide bonds. The van der Waals surface area contributed by atoms with Gasteiger partial charge in [-0.15, -0.1) is 0 Å². The number of phenolic OH excluding ortho intramolecular Hbond substituents is 2. The molecule has 5 nitrogen and oxygen atoms in total. The van der Waals surface area contributed by atoms with Gasteiger partial charge in [-0.1, -0.05) is 30.3 Å². The maximum Gasteiger partial charge on any atom is 0.317 e. The number of aromatic hydroxyl groups is 2. The maximum absolute atomic E-state index is 12.8. The SMILES string of the molecule is O=C(NC1CCCc2ccccc21)N1CCC(c2ccc(O)cc2O)CC1. The average Bonchev–Trinajstić information content (AvgIpc) is 2.68. The van der Waals surface area contributed by atoms with Gasteiger partial charge in [0, 0.05) is 19.2 Å². The van der Waals surface area contributed by atoms with Gasteiger partial charge in [0.2, 0.25) is 0 Å². The van der Waals surface area contributed by atoms with Crippen molar-refractivity contribution < 1.29 is 15.0 Å². The molecule has 142 valence electrons. The summed E-state index contributed by atoms with van der Waals surface area (Å²) in [5, 5.41) is 22.8. The molecule has 0 radical (unpaired) electrons. The summed E-state index contributed by atoms with van der Waals surface area (Å²) in [6.45, 7) is 1.34. The molecule has 3 N–H and O–H groups in total. The molecule has 5 heteroatoms. The summed E-state index contributed by atoms with van der Waals surface area (Å²) in [5.41, 5.74) is 3.45. The Bertz CT molecular complexity index is 828. The number of hydrogen-bond acceptors (Lipinski definition) is 3. The van der Waals surface area contributed by atoms with Crippen LogP contribution in [0.3, 0.4) is 0 Å². The number of benzene rings is 2. The Morgan fingerprint density at radius 1 is 1.00 bits per heavy atom. The Labute approximate surface area is 159 Å². The van der Waals surface area contributed by atoms with Crippen molar-refractivity contribution >= 4 is 6.03 Å². The van der Waals surface area contributed by atoms with Crippen LogP contribution in [0.2, 0.25) is 0 Å². The van der Waals surface area contributed by atoms with Gasteiger partial charge in [-0.2, -0.15) is 0 Å². The number of carbonyl (C=O) groups excluding carboxylic acids is 1. The first-order valence-corrected chi connectivity index (χ1v) is 9.77. The molecular weight excluding hydrogens is 340 g/mol. The Kier molecular flexibility index (Phi) is 4.92. The molecule has 0 spiro atoms. The smallest absolute Gasteiger partial charge is 0.317 e. The highest BCUT2D eigenvalue weighted by Gasteiger charge is 2.28. The van der Waals surface area contributed by atoms with E-state index in [1.807, 2.05) is 11.0 Å². The molecule has 0 aromatic heterocycles. The average molecular weight is 366 g/mol. The van der Waals surface area contributed by atoms with E-state index in [1.165, 1.54) is 17.2 Å². The zero-order chi connectivity index (χ0) is 18.8. The lowest BCUT2D eigenvalue weighted by atomic mass is 9.87.